The molecule has 4 heteroatoms. The predicted octanol–water partition coefficient (Wildman–Crippen LogP) is 2.46. The number of aryl methyl sites for hydroxylation is 1. The molecule has 0 aliphatic carbocycles. The van der Waals surface area contributed by atoms with Gasteiger partial charge in [-0.15, -0.1) is 0 Å². The molecule has 0 radical (unpaired) electrons. The fourth-order valence-corrected chi connectivity index (χ4v) is 1.48. The van der Waals surface area contributed by atoms with E-state index >= 15 is 0 Å². The van der Waals surface area contributed by atoms with Gasteiger partial charge in [0.25, 0.3) is 0 Å². The summed E-state index contributed by atoms with van der Waals surface area (Å²) in [6.07, 6.45) is 0.339. The lowest BCUT2D eigenvalue weighted by Gasteiger charge is -2.10. The van der Waals surface area contributed by atoms with Crippen molar-refractivity contribution in [2.24, 2.45) is 0 Å². The molecule has 17 heavy (non-hydrogen) atoms. The number of halogens is 1. The minimum absolute atomic E-state index is 0.0273. The average Bonchev–Trinajstić information content (AvgIpc) is 2.22. The fourth-order valence-electron chi connectivity index (χ4n) is 1.48. The van der Waals surface area contributed by atoms with Crippen LogP contribution in [0.25, 0.3) is 0 Å². The summed E-state index contributed by atoms with van der Waals surface area (Å²) >= 11 is 0. The van der Waals surface area contributed by atoms with Gasteiger partial charge in [-0.05, 0) is 38.5 Å². The van der Waals surface area contributed by atoms with Crippen LogP contribution >= 0.6 is 0 Å². The number of anilines is 1. The molecule has 3 nitrogen and oxygen atoms in total. The van der Waals surface area contributed by atoms with E-state index < -0.39 is 0 Å². The first kappa shape index (κ1) is 13.5. The van der Waals surface area contributed by atoms with Crippen LogP contribution in [-0.4, -0.2) is 18.5 Å². The average molecular weight is 238 g/mol. The molecule has 0 spiro atoms. The molecular weight excluding hydrogens is 219 g/mol. The highest BCUT2D eigenvalue weighted by Gasteiger charge is 2.04. The first-order valence-corrected chi connectivity index (χ1v) is 5.78. The van der Waals surface area contributed by atoms with Crippen molar-refractivity contribution < 1.29 is 9.18 Å². The van der Waals surface area contributed by atoms with Crippen molar-refractivity contribution in [2.75, 3.05) is 11.9 Å². The Morgan fingerprint density at radius 3 is 2.76 bits per heavy atom. The Hall–Kier alpha value is -1.58. The van der Waals surface area contributed by atoms with E-state index in [4.69, 9.17) is 0 Å². The lowest BCUT2D eigenvalue weighted by atomic mass is 10.2. The molecule has 0 aliphatic heterocycles. The van der Waals surface area contributed by atoms with Gasteiger partial charge in [-0.25, -0.2) is 4.39 Å². The zero-order valence-electron chi connectivity index (χ0n) is 10.5. The second kappa shape index (κ2) is 6.23. The standard InChI is InChI=1S/C13H19FN2O/c1-9(2)16-13(17)6-7-15-12-8-10(3)4-5-11(12)14/h4-5,8-9,15H,6-7H2,1-3H3,(H,16,17). The van der Waals surface area contributed by atoms with Crippen LogP contribution in [0.2, 0.25) is 0 Å². The van der Waals surface area contributed by atoms with Crippen molar-refractivity contribution in [3.05, 3.63) is 29.6 Å². The molecule has 0 fully saturated rings. The third kappa shape index (κ3) is 4.85. The number of hydrogen-bond donors (Lipinski definition) is 2. The van der Waals surface area contributed by atoms with Gasteiger partial charge in [0.05, 0.1) is 5.69 Å². The lowest BCUT2D eigenvalue weighted by Crippen LogP contribution is -2.31. The Labute approximate surface area is 101 Å². The number of amides is 1. The Morgan fingerprint density at radius 1 is 1.41 bits per heavy atom. The maximum atomic E-state index is 13.3. The highest BCUT2D eigenvalue weighted by molar-refractivity contribution is 5.76. The topological polar surface area (TPSA) is 41.1 Å². The molecule has 1 rings (SSSR count). The molecule has 0 aromatic heterocycles. The zero-order chi connectivity index (χ0) is 12.8. The van der Waals surface area contributed by atoms with Gasteiger partial charge < -0.3 is 10.6 Å². The van der Waals surface area contributed by atoms with E-state index in [9.17, 15) is 9.18 Å². The van der Waals surface area contributed by atoms with E-state index in [0.29, 0.717) is 18.7 Å². The Balaban J connectivity index is 2.40. The molecule has 1 amide bonds. The minimum atomic E-state index is -0.292. The number of hydrogen-bond acceptors (Lipinski definition) is 2. The van der Waals surface area contributed by atoms with E-state index in [1.807, 2.05) is 20.8 Å². The van der Waals surface area contributed by atoms with Crippen LogP contribution in [0.1, 0.15) is 25.8 Å². The maximum absolute atomic E-state index is 13.3. The summed E-state index contributed by atoms with van der Waals surface area (Å²) < 4.78 is 13.3. The largest absolute Gasteiger partial charge is 0.382 e. The summed E-state index contributed by atoms with van der Waals surface area (Å²) in [6, 6.07) is 5.01. The predicted molar refractivity (Wildman–Crippen MR) is 67.5 cm³/mol. The van der Waals surface area contributed by atoms with Gasteiger partial charge in [0.15, 0.2) is 0 Å². The van der Waals surface area contributed by atoms with Crippen LogP contribution < -0.4 is 10.6 Å². The van der Waals surface area contributed by atoms with Crippen molar-refractivity contribution >= 4 is 11.6 Å². The maximum Gasteiger partial charge on any atom is 0.221 e. The number of carbonyl (C=O) groups is 1. The molecule has 1 aromatic carbocycles. The molecule has 0 unspecified atom stereocenters. The first-order chi connectivity index (χ1) is 7.99. The zero-order valence-corrected chi connectivity index (χ0v) is 10.5. The van der Waals surface area contributed by atoms with E-state index in [2.05, 4.69) is 10.6 Å². The molecule has 0 aliphatic rings. The molecular formula is C13H19FN2O. The van der Waals surface area contributed by atoms with Gasteiger partial charge in [-0.3, -0.25) is 4.79 Å². The first-order valence-electron chi connectivity index (χ1n) is 5.78. The van der Waals surface area contributed by atoms with Gasteiger partial charge in [0.2, 0.25) is 5.91 Å². The van der Waals surface area contributed by atoms with Gasteiger partial charge in [-0.2, -0.15) is 0 Å². The van der Waals surface area contributed by atoms with Crippen molar-refractivity contribution in [3.63, 3.8) is 0 Å². The van der Waals surface area contributed by atoms with Gasteiger partial charge in [0.1, 0.15) is 5.82 Å². The van der Waals surface area contributed by atoms with Crippen LogP contribution in [0.5, 0.6) is 0 Å². The smallest absolute Gasteiger partial charge is 0.221 e. The second-order valence-corrected chi connectivity index (χ2v) is 4.38. The summed E-state index contributed by atoms with van der Waals surface area (Å²) in [7, 11) is 0. The Morgan fingerprint density at radius 2 is 2.12 bits per heavy atom. The van der Waals surface area contributed by atoms with Crippen molar-refractivity contribution in [1.82, 2.24) is 5.32 Å². The van der Waals surface area contributed by atoms with Gasteiger partial charge in [-0.1, -0.05) is 6.07 Å². The fraction of sp³-hybridized carbons (Fsp3) is 0.462. The van der Waals surface area contributed by atoms with Crippen molar-refractivity contribution in [2.45, 2.75) is 33.2 Å². The molecule has 0 saturated carbocycles. The summed E-state index contributed by atoms with van der Waals surface area (Å²) in [5.74, 6) is -0.319. The van der Waals surface area contributed by atoms with E-state index in [-0.39, 0.29) is 17.8 Å². The van der Waals surface area contributed by atoms with Crippen LogP contribution in [-0.2, 0) is 4.79 Å². The Kier molecular flexibility index (Phi) is 4.94. The van der Waals surface area contributed by atoms with Crippen LogP contribution in [0.3, 0.4) is 0 Å². The number of carbonyl (C=O) groups excluding carboxylic acids is 1. The molecule has 2 N–H and O–H groups in total. The summed E-state index contributed by atoms with van der Waals surface area (Å²) in [4.78, 5) is 11.4. The Bertz CT molecular complexity index is 391. The van der Waals surface area contributed by atoms with Gasteiger partial charge >= 0.3 is 0 Å². The van der Waals surface area contributed by atoms with Crippen molar-refractivity contribution in [1.29, 1.82) is 0 Å². The highest BCUT2D eigenvalue weighted by atomic mass is 19.1. The van der Waals surface area contributed by atoms with Crippen LogP contribution in [0.4, 0.5) is 10.1 Å². The molecule has 0 saturated heterocycles. The molecule has 0 heterocycles. The SMILES string of the molecule is Cc1ccc(F)c(NCCC(=O)NC(C)C)c1. The summed E-state index contributed by atoms with van der Waals surface area (Å²) in [6.45, 7) is 6.14. The molecule has 0 atom stereocenters. The number of rotatable bonds is 5. The van der Waals surface area contributed by atoms with E-state index in [1.165, 1.54) is 6.07 Å². The second-order valence-electron chi connectivity index (χ2n) is 4.38. The van der Waals surface area contributed by atoms with Crippen LogP contribution in [0, 0.1) is 12.7 Å². The summed E-state index contributed by atoms with van der Waals surface area (Å²) in [5, 5.41) is 5.70. The quantitative estimate of drug-likeness (QED) is 0.827. The molecule has 1 aromatic rings. The highest BCUT2D eigenvalue weighted by Crippen LogP contribution is 2.15. The third-order valence-corrected chi connectivity index (χ3v) is 2.24. The minimum Gasteiger partial charge on any atom is -0.382 e. The van der Waals surface area contributed by atoms with Gasteiger partial charge in [0, 0.05) is 19.0 Å². The number of benzene rings is 1. The molecule has 0 bridgehead atoms. The van der Waals surface area contributed by atoms with Crippen LogP contribution in [0.15, 0.2) is 18.2 Å². The van der Waals surface area contributed by atoms with Crippen molar-refractivity contribution in [3.8, 4) is 0 Å². The summed E-state index contributed by atoms with van der Waals surface area (Å²) in [5.41, 5.74) is 1.43. The van der Waals surface area contributed by atoms with E-state index in [0.717, 1.165) is 5.56 Å². The third-order valence-electron chi connectivity index (χ3n) is 2.24. The monoisotopic (exact) mass is 238 g/mol. The number of nitrogens with one attached hydrogen (secondary N) is 2. The normalized spacial score (nSPS) is 10.4. The molecule has 94 valence electrons. The lowest BCUT2D eigenvalue weighted by molar-refractivity contribution is -0.121. The van der Waals surface area contributed by atoms with E-state index in [1.54, 1.807) is 12.1 Å².